The van der Waals surface area contributed by atoms with E-state index in [2.05, 4.69) is 10.1 Å². The van der Waals surface area contributed by atoms with E-state index in [1.165, 1.54) is 0 Å². The quantitative estimate of drug-likeness (QED) is 0.805. The van der Waals surface area contributed by atoms with E-state index in [0.29, 0.717) is 17.3 Å². The predicted molar refractivity (Wildman–Crippen MR) is 56.7 cm³/mol. The average Bonchev–Trinajstić information content (AvgIpc) is 2.56. The third kappa shape index (κ3) is 2.07. The largest absolute Gasteiger partial charge is 0.435 e. The summed E-state index contributed by atoms with van der Waals surface area (Å²) in [4.78, 5) is 4.10. The zero-order chi connectivity index (χ0) is 10.8. The van der Waals surface area contributed by atoms with E-state index in [4.69, 9.17) is 10.5 Å². The molecule has 0 unspecified atom stereocenters. The Balaban J connectivity index is 2.24. The Labute approximate surface area is 87.5 Å². The Morgan fingerprint density at radius 2 is 2.20 bits per heavy atom. The van der Waals surface area contributed by atoms with Crippen LogP contribution in [-0.4, -0.2) is 14.8 Å². The lowest BCUT2D eigenvalue weighted by Gasteiger charge is -2.05. The second-order valence-corrected chi connectivity index (χ2v) is 3.34. The van der Waals surface area contributed by atoms with Crippen LogP contribution in [0.5, 0.6) is 11.6 Å². The van der Waals surface area contributed by atoms with Gasteiger partial charge < -0.3 is 10.5 Å². The van der Waals surface area contributed by atoms with Crippen molar-refractivity contribution in [3.8, 4) is 11.6 Å². The molecule has 5 nitrogen and oxygen atoms in total. The smallest absolute Gasteiger partial charge is 0.222 e. The number of anilines is 1. The van der Waals surface area contributed by atoms with E-state index in [-0.39, 0.29) is 0 Å². The van der Waals surface area contributed by atoms with Gasteiger partial charge in [0.05, 0.1) is 24.3 Å². The molecule has 0 aliphatic rings. The first-order valence-corrected chi connectivity index (χ1v) is 4.54. The van der Waals surface area contributed by atoms with Gasteiger partial charge in [-0.1, -0.05) is 0 Å². The van der Waals surface area contributed by atoms with Gasteiger partial charge in [0.15, 0.2) is 5.75 Å². The normalized spacial score (nSPS) is 10.3. The van der Waals surface area contributed by atoms with Crippen molar-refractivity contribution >= 4 is 5.69 Å². The third-order valence-corrected chi connectivity index (χ3v) is 1.95. The summed E-state index contributed by atoms with van der Waals surface area (Å²) in [6.07, 6.45) is 4.98. The highest BCUT2D eigenvalue weighted by Gasteiger charge is 2.04. The molecule has 2 rings (SSSR count). The van der Waals surface area contributed by atoms with Crippen LogP contribution >= 0.6 is 0 Å². The lowest BCUT2D eigenvalue weighted by molar-refractivity contribution is 0.458. The van der Waals surface area contributed by atoms with E-state index >= 15 is 0 Å². The molecule has 0 aromatic carbocycles. The fourth-order valence-corrected chi connectivity index (χ4v) is 1.25. The van der Waals surface area contributed by atoms with E-state index in [9.17, 15) is 0 Å². The van der Waals surface area contributed by atoms with E-state index in [1.807, 2.05) is 20.0 Å². The molecule has 0 saturated carbocycles. The van der Waals surface area contributed by atoms with Crippen molar-refractivity contribution in [2.45, 2.75) is 6.92 Å². The minimum Gasteiger partial charge on any atom is -0.435 e. The standard InChI is InChI=1S/C10H12N4O/c1-7-3-8(11)4-12-10(7)15-9-5-13-14(2)6-9/h3-6H,11H2,1-2H3. The molecular formula is C10H12N4O. The summed E-state index contributed by atoms with van der Waals surface area (Å²) >= 11 is 0. The molecule has 0 fully saturated rings. The van der Waals surface area contributed by atoms with Crippen LogP contribution in [0.15, 0.2) is 24.7 Å². The van der Waals surface area contributed by atoms with Crippen molar-refractivity contribution < 1.29 is 4.74 Å². The molecule has 2 heterocycles. The molecule has 2 aromatic rings. The number of aryl methyl sites for hydroxylation is 2. The molecule has 0 aliphatic heterocycles. The van der Waals surface area contributed by atoms with E-state index in [1.54, 1.807) is 23.3 Å². The topological polar surface area (TPSA) is 66.0 Å². The molecule has 78 valence electrons. The highest BCUT2D eigenvalue weighted by atomic mass is 16.5. The first-order valence-electron chi connectivity index (χ1n) is 4.54. The van der Waals surface area contributed by atoms with Gasteiger partial charge in [-0.25, -0.2) is 4.98 Å². The van der Waals surface area contributed by atoms with Crippen molar-refractivity contribution in [1.29, 1.82) is 0 Å². The van der Waals surface area contributed by atoms with Crippen LogP contribution in [0.3, 0.4) is 0 Å². The lowest BCUT2D eigenvalue weighted by atomic mass is 10.3. The fraction of sp³-hybridized carbons (Fsp3) is 0.200. The van der Waals surface area contributed by atoms with Crippen LogP contribution in [0.4, 0.5) is 5.69 Å². The molecule has 15 heavy (non-hydrogen) atoms. The average molecular weight is 204 g/mol. The van der Waals surface area contributed by atoms with Gasteiger partial charge >= 0.3 is 0 Å². The number of nitrogens with zero attached hydrogens (tertiary/aromatic N) is 3. The van der Waals surface area contributed by atoms with Gasteiger partial charge in [0, 0.05) is 12.6 Å². The molecule has 5 heteroatoms. The van der Waals surface area contributed by atoms with Crippen LogP contribution in [0, 0.1) is 6.92 Å². The Bertz CT molecular complexity index is 478. The Morgan fingerprint density at radius 3 is 2.80 bits per heavy atom. The maximum Gasteiger partial charge on any atom is 0.222 e. The maximum atomic E-state index is 5.59. The predicted octanol–water partition coefficient (Wildman–Crippen LogP) is 1.50. The second kappa shape index (κ2) is 3.61. The molecule has 0 spiro atoms. The molecule has 0 bridgehead atoms. The number of hydrogen-bond donors (Lipinski definition) is 1. The summed E-state index contributed by atoms with van der Waals surface area (Å²) in [5.74, 6) is 1.22. The van der Waals surface area contributed by atoms with E-state index < -0.39 is 0 Å². The molecule has 0 radical (unpaired) electrons. The van der Waals surface area contributed by atoms with Crippen LogP contribution in [0.2, 0.25) is 0 Å². The zero-order valence-electron chi connectivity index (χ0n) is 8.64. The minimum absolute atomic E-state index is 0.553. The van der Waals surface area contributed by atoms with Gasteiger partial charge in [-0.2, -0.15) is 5.10 Å². The Kier molecular flexibility index (Phi) is 2.29. The maximum absolute atomic E-state index is 5.59. The number of nitrogens with two attached hydrogens (primary N) is 1. The summed E-state index contributed by atoms with van der Waals surface area (Å²) in [6, 6.07) is 1.82. The van der Waals surface area contributed by atoms with Gasteiger partial charge in [-0.3, -0.25) is 4.68 Å². The Hall–Kier alpha value is -2.04. The van der Waals surface area contributed by atoms with Gasteiger partial charge in [-0.15, -0.1) is 0 Å². The fourth-order valence-electron chi connectivity index (χ4n) is 1.25. The van der Waals surface area contributed by atoms with Gasteiger partial charge in [0.25, 0.3) is 0 Å². The lowest BCUT2D eigenvalue weighted by Crippen LogP contribution is -1.93. The molecule has 0 saturated heterocycles. The van der Waals surface area contributed by atoms with Crippen LogP contribution in [-0.2, 0) is 7.05 Å². The summed E-state index contributed by atoms with van der Waals surface area (Å²) in [7, 11) is 1.83. The zero-order valence-corrected chi connectivity index (χ0v) is 8.64. The van der Waals surface area contributed by atoms with Crippen LogP contribution in [0.25, 0.3) is 0 Å². The number of hydrogen-bond acceptors (Lipinski definition) is 4. The highest BCUT2D eigenvalue weighted by Crippen LogP contribution is 2.22. The molecule has 0 amide bonds. The minimum atomic E-state index is 0.553. The SMILES string of the molecule is Cc1cc(N)cnc1Oc1cnn(C)c1. The van der Waals surface area contributed by atoms with Gasteiger partial charge in [-0.05, 0) is 13.0 Å². The second-order valence-electron chi connectivity index (χ2n) is 3.34. The van der Waals surface area contributed by atoms with Gasteiger partial charge in [0.1, 0.15) is 0 Å². The number of aromatic nitrogens is 3. The molecule has 2 N–H and O–H groups in total. The number of ether oxygens (including phenoxy) is 1. The van der Waals surface area contributed by atoms with Crippen LogP contribution in [0.1, 0.15) is 5.56 Å². The summed E-state index contributed by atoms with van der Waals surface area (Å²) in [5, 5.41) is 4.00. The molecule has 0 aliphatic carbocycles. The summed E-state index contributed by atoms with van der Waals surface area (Å²) in [6.45, 7) is 1.90. The molecule has 0 atom stereocenters. The summed E-state index contributed by atoms with van der Waals surface area (Å²) in [5.41, 5.74) is 7.12. The highest BCUT2D eigenvalue weighted by molar-refractivity contribution is 5.42. The van der Waals surface area contributed by atoms with Crippen molar-refractivity contribution in [1.82, 2.24) is 14.8 Å². The molecule has 2 aromatic heterocycles. The van der Waals surface area contributed by atoms with E-state index in [0.717, 1.165) is 5.56 Å². The summed E-state index contributed by atoms with van der Waals surface area (Å²) < 4.78 is 7.20. The molecular weight excluding hydrogens is 192 g/mol. The monoisotopic (exact) mass is 204 g/mol. The van der Waals surface area contributed by atoms with Crippen LogP contribution < -0.4 is 10.5 Å². The third-order valence-electron chi connectivity index (χ3n) is 1.95. The number of rotatable bonds is 2. The first-order chi connectivity index (χ1) is 7.15. The van der Waals surface area contributed by atoms with Crippen molar-refractivity contribution in [3.05, 3.63) is 30.2 Å². The van der Waals surface area contributed by atoms with Crippen molar-refractivity contribution in [2.75, 3.05) is 5.73 Å². The Morgan fingerprint density at radius 1 is 1.40 bits per heavy atom. The van der Waals surface area contributed by atoms with Crippen molar-refractivity contribution in [3.63, 3.8) is 0 Å². The number of nitrogen functional groups attached to an aromatic ring is 1. The first kappa shape index (κ1) is 9.51. The number of pyridine rings is 1. The van der Waals surface area contributed by atoms with Crippen molar-refractivity contribution in [2.24, 2.45) is 7.05 Å². The van der Waals surface area contributed by atoms with Gasteiger partial charge in [0.2, 0.25) is 5.88 Å².